The van der Waals surface area contributed by atoms with Crippen LogP contribution in [-0.2, 0) is 9.53 Å². The molecule has 148 valence electrons. The van der Waals surface area contributed by atoms with E-state index >= 15 is 0 Å². The van der Waals surface area contributed by atoms with E-state index in [-0.39, 0.29) is 12.5 Å². The Morgan fingerprint density at radius 1 is 1.00 bits per heavy atom. The molecule has 0 aliphatic carbocycles. The van der Waals surface area contributed by atoms with Gasteiger partial charge in [0.2, 0.25) is 0 Å². The zero-order chi connectivity index (χ0) is 20.8. The fourth-order valence-electron chi connectivity index (χ4n) is 2.83. The Kier molecular flexibility index (Phi) is 6.24. The maximum absolute atomic E-state index is 12.7. The molecule has 0 radical (unpaired) electrons. The normalized spacial score (nSPS) is 10.3. The molecule has 0 bridgehead atoms. The van der Waals surface area contributed by atoms with E-state index in [1.165, 1.54) is 7.11 Å². The van der Waals surface area contributed by atoms with Gasteiger partial charge in [-0.15, -0.1) is 0 Å². The van der Waals surface area contributed by atoms with Gasteiger partial charge in [-0.05, 0) is 49.7 Å². The molecule has 1 aromatic heterocycles. The number of rotatable bonds is 6. The highest BCUT2D eigenvalue weighted by Gasteiger charge is 2.13. The number of amides is 1. The van der Waals surface area contributed by atoms with Crippen molar-refractivity contribution < 1.29 is 19.1 Å². The van der Waals surface area contributed by atoms with E-state index in [4.69, 9.17) is 4.74 Å². The molecule has 1 heterocycles. The predicted molar refractivity (Wildman–Crippen MR) is 111 cm³/mol. The Labute approximate surface area is 169 Å². The third-order valence-corrected chi connectivity index (χ3v) is 4.43. The van der Waals surface area contributed by atoms with Gasteiger partial charge in [-0.3, -0.25) is 9.78 Å². The Bertz CT molecular complexity index is 1030. The van der Waals surface area contributed by atoms with Crippen molar-refractivity contribution >= 4 is 17.6 Å². The average Bonchev–Trinajstić information content (AvgIpc) is 2.74. The van der Waals surface area contributed by atoms with E-state index < -0.39 is 5.97 Å². The van der Waals surface area contributed by atoms with Crippen molar-refractivity contribution in [3.05, 3.63) is 77.5 Å². The second-order valence-corrected chi connectivity index (χ2v) is 6.49. The van der Waals surface area contributed by atoms with E-state index in [0.717, 1.165) is 16.8 Å². The zero-order valence-corrected chi connectivity index (χ0v) is 16.6. The standard InChI is InChI=1S/C23H22N2O4/c1-15-13-18(29-14-22(26)28-3)9-11-20(15)25-23(27)19-10-12-21(24-16(19)2)17-7-5-4-6-8-17/h4-13H,14H2,1-3H3,(H,25,27). The molecule has 0 saturated heterocycles. The number of carbonyl (C=O) groups excluding carboxylic acids is 2. The van der Waals surface area contributed by atoms with Crippen LogP contribution in [0.4, 0.5) is 5.69 Å². The summed E-state index contributed by atoms with van der Waals surface area (Å²) in [5.41, 5.74) is 4.46. The van der Waals surface area contributed by atoms with E-state index in [9.17, 15) is 9.59 Å². The molecule has 6 nitrogen and oxygen atoms in total. The number of carbonyl (C=O) groups is 2. The second-order valence-electron chi connectivity index (χ2n) is 6.49. The van der Waals surface area contributed by atoms with Gasteiger partial charge < -0.3 is 14.8 Å². The molecule has 3 rings (SSSR count). The van der Waals surface area contributed by atoms with Gasteiger partial charge in [0.1, 0.15) is 5.75 Å². The molecule has 0 unspecified atom stereocenters. The fourth-order valence-corrected chi connectivity index (χ4v) is 2.83. The number of aryl methyl sites for hydroxylation is 2. The summed E-state index contributed by atoms with van der Waals surface area (Å²) in [4.78, 5) is 28.5. The molecule has 0 aliphatic rings. The molecule has 0 spiro atoms. The minimum atomic E-state index is -0.457. The highest BCUT2D eigenvalue weighted by molar-refractivity contribution is 6.05. The molecule has 0 atom stereocenters. The van der Waals surface area contributed by atoms with Gasteiger partial charge >= 0.3 is 5.97 Å². The Morgan fingerprint density at radius 3 is 2.41 bits per heavy atom. The van der Waals surface area contributed by atoms with Crippen LogP contribution in [0.1, 0.15) is 21.6 Å². The number of aromatic nitrogens is 1. The van der Waals surface area contributed by atoms with Gasteiger partial charge in [0.05, 0.1) is 24.1 Å². The van der Waals surface area contributed by atoms with Crippen molar-refractivity contribution in [1.82, 2.24) is 4.98 Å². The lowest BCUT2D eigenvalue weighted by atomic mass is 10.1. The maximum atomic E-state index is 12.7. The summed E-state index contributed by atoms with van der Waals surface area (Å²) in [6, 6.07) is 18.6. The molecule has 2 aromatic carbocycles. The third-order valence-electron chi connectivity index (χ3n) is 4.43. The number of hydrogen-bond acceptors (Lipinski definition) is 5. The average molecular weight is 390 g/mol. The van der Waals surface area contributed by atoms with Crippen molar-refractivity contribution in [3.63, 3.8) is 0 Å². The summed E-state index contributed by atoms with van der Waals surface area (Å²) in [7, 11) is 1.30. The highest BCUT2D eigenvalue weighted by Crippen LogP contribution is 2.23. The van der Waals surface area contributed by atoms with Gasteiger partial charge in [0.25, 0.3) is 5.91 Å². The third kappa shape index (κ3) is 4.99. The Morgan fingerprint density at radius 2 is 1.76 bits per heavy atom. The fraction of sp³-hybridized carbons (Fsp3) is 0.174. The molecule has 1 amide bonds. The van der Waals surface area contributed by atoms with Gasteiger partial charge in [0.15, 0.2) is 6.61 Å². The lowest BCUT2D eigenvalue weighted by Gasteiger charge is -2.12. The highest BCUT2D eigenvalue weighted by atomic mass is 16.6. The number of ether oxygens (including phenoxy) is 2. The van der Waals surface area contributed by atoms with E-state index in [1.807, 2.05) is 50.2 Å². The second kappa shape index (κ2) is 9.01. The molecule has 1 N–H and O–H groups in total. The summed E-state index contributed by atoms with van der Waals surface area (Å²) in [5.74, 6) is -0.168. The lowest BCUT2D eigenvalue weighted by Crippen LogP contribution is -2.15. The van der Waals surface area contributed by atoms with Crippen LogP contribution in [0.5, 0.6) is 5.75 Å². The monoisotopic (exact) mass is 390 g/mol. The van der Waals surface area contributed by atoms with Crippen LogP contribution < -0.4 is 10.1 Å². The number of nitrogens with one attached hydrogen (secondary N) is 1. The quantitative estimate of drug-likeness (QED) is 0.639. The number of methoxy groups -OCH3 is 1. The predicted octanol–water partition coefficient (Wildman–Crippen LogP) is 4.17. The lowest BCUT2D eigenvalue weighted by molar-refractivity contribution is -0.142. The van der Waals surface area contributed by atoms with Gasteiger partial charge in [-0.1, -0.05) is 30.3 Å². The van der Waals surface area contributed by atoms with Crippen LogP contribution in [0.25, 0.3) is 11.3 Å². The molecule has 0 aliphatic heterocycles. The summed E-state index contributed by atoms with van der Waals surface area (Å²) in [6.07, 6.45) is 0. The first-order valence-corrected chi connectivity index (χ1v) is 9.12. The number of anilines is 1. The topological polar surface area (TPSA) is 77.5 Å². The molecule has 29 heavy (non-hydrogen) atoms. The summed E-state index contributed by atoms with van der Waals surface area (Å²) in [6.45, 7) is 3.50. The van der Waals surface area contributed by atoms with Gasteiger partial charge in [0, 0.05) is 11.3 Å². The maximum Gasteiger partial charge on any atom is 0.343 e. The van der Waals surface area contributed by atoms with Crippen LogP contribution in [0, 0.1) is 13.8 Å². The smallest absolute Gasteiger partial charge is 0.343 e. The van der Waals surface area contributed by atoms with Crippen molar-refractivity contribution in [3.8, 4) is 17.0 Å². The number of esters is 1. The molecule has 6 heteroatoms. The number of pyridine rings is 1. The minimum absolute atomic E-state index is 0.166. The van der Waals surface area contributed by atoms with Gasteiger partial charge in [-0.2, -0.15) is 0 Å². The first-order chi connectivity index (χ1) is 14.0. The number of benzene rings is 2. The van der Waals surface area contributed by atoms with Crippen LogP contribution >= 0.6 is 0 Å². The summed E-state index contributed by atoms with van der Waals surface area (Å²) >= 11 is 0. The molecule has 3 aromatic rings. The minimum Gasteiger partial charge on any atom is -0.482 e. The first-order valence-electron chi connectivity index (χ1n) is 9.12. The summed E-state index contributed by atoms with van der Waals surface area (Å²) < 4.78 is 9.91. The van der Waals surface area contributed by atoms with Crippen LogP contribution in [-0.4, -0.2) is 30.6 Å². The van der Waals surface area contributed by atoms with E-state index in [2.05, 4.69) is 15.0 Å². The van der Waals surface area contributed by atoms with Crippen molar-refractivity contribution in [1.29, 1.82) is 0 Å². The molecular formula is C23H22N2O4. The van der Waals surface area contributed by atoms with Crippen LogP contribution in [0.3, 0.4) is 0 Å². The van der Waals surface area contributed by atoms with Crippen molar-refractivity contribution in [2.24, 2.45) is 0 Å². The van der Waals surface area contributed by atoms with E-state index in [1.54, 1.807) is 24.3 Å². The zero-order valence-electron chi connectivity index (χ0n) is 16.6. The first kappa shape index (κ1) is 20.1. The van der Waals surface area contributed by atoms with Gasteiger partial charge in [-0.25, -0.2) is 4.79 Å². The van der Waals surface area contributed by atoms with E-state index in [0.29, 0.717) is 22.7 Å². The molecule has 0 fully saturated rings. The molecule has 0 saturated carbocycles. The SMILES string of the molecule is COC(=O)COc1ccc(NC(=O)c2ccc(-c3ccccc3)nc2C)c(C)c1. The van der Waals surface area contributed by atoms with Crippen molar-refractivity contribution in [2.75, 3.05) is 19.0 Å². The van der Waals surface area contributed by atoms with Crippen molar-refractivity contribution in [2.45, 2.75) is 13.8 Å². The van der Waals surface area contributed by atoms with Crippen LogP contribution in [0.15, 0.2) is 60.7 Å². The number of hydrogen-bond donors (Lipinski definition) is 1. The number of nitrogens with zero attached hydrogens (tertiary/aromatic N) is 1. The summed E-state index contributed by atoms with van der Waals surface area (Å²) in [5, 5.41) is 2.90. The Hall–Kier alpha value is -3.67. The molecular weight excluding hydrogens is 368 g/mol. The largest absolute Gasteiger partial charge is 0.482 e. The van der Waals surface area contributed by atoms with Crippen LogP contribution in [0.2, 0.25) is 0 Å². The Balaban J connectivity index is 1.72.